The van der Waals surface area contributed by atoms with Crippen LogP contribution in [0.25, 0.3) is 0 Å². The maximum atomic E-state index is 12.4. The molecule has 0 bridgehead atoms. The highest BCUT2D eigenvalue weighted by atomic mass is 35.5. The van der Waals surface area contributed by atoms with E-state index in [0.29, 0.717) is 22.4 Å². The summed E-state index contributed by atoms with van der Waals surface area (Å²) in [6, 6.07) is 15.7. The second-order valence-electron chi connectivity index (χ2n) is 6.40. The molecule has 132 valence electrons. The van der Waals surface area contributed by atoms with Crippen LogP contribution in [0.2, 0.25) is 5.02 Å². The van der Waals surface area contributed by atoms with Crippen molar-refractivity contribution in [2.24, 2.45) is 5.92 Å². The predicted molar refractivity (Wildman–Crippen MR) is 101 cm³/mol. The number of nitrogens with zero attached hydrogens (tertiary/aromatic N) is 1. The molecule has 5 heteroatoms. The average Bonchev–Trinajstić information content (AvgIpc) is 2.63. The molecule has 2 aromatic carbocycles. The van der Waals surface area contributed by atoms with Gasteiger partial charge in [0.25, 0.3) is 0 Å². The number of anilines is 1. The van der Waals surface area contributed by atoms with E-state index in [1.807, 2.05) is 11.0 Å². The lowest BCUT2D eigenvalue weighted by atomic mass is 9.90. The lowest BCUT2D eigenvalue weighted by Crippen LogP contribution is -2.41. The van der Waals surface area contributed by atoms with Crippen LogP contribution in [0.15, 0.2) is 48.5 Å². The summed E-state index contributed by atoms with van der Waals surface area (Å²) in [5, 5.41) is 3.40. The second kappa shape index (κ2) is 8.26. The molecule has 1 heterocycles. The van der Waals surface area contributed by atoms with Crippen molar-refractivity contribution in [2.45, 2.75) is 19.3 Å². The first-order valence-electron chi connectivity index (χ1n) is 8.59. The molecule has 0 saturated carbocycles. The van der Waals surface area contributed by atoms with Gasteiger partial charge in [-0.3, -0.25) is 0 Å². The third-order valence-electron chi connectivity index (χ3n) is 4.67. The second-order valence-corrected chi connectivity index (χ2v) is 6.81. The fourth-order valence-electron chi connectivity index (χ4n) is 3.23. The molecule has 1 saturated heterocycles. The number of nitrogens with one attached hydrogen (secondary N) is 1. The zero-order valence-electron chi connectivity index (χ0n) is 14.4. The summed E-state index contributed by atoms with van der Waals surface area (Å²) >= 11 is 6.10. The van der Waals surface area contributed by atoms with Gasteiger partial charge in [-0.25, -0.2) is 4.79 Å². The molecule has 0 aliphatic carbocycles. The molecule has 1 fully saturated rings. The van der Waals surface area contributed by atoms with Gasteiger partial charge in [0.15, 0.2) is 0 Å². The molecule has 0 aromatic heterocycles. The Labute approximate surface area is 153 Å². The van der Waals surface area contributed by atoms with Crippen LogP contribution < -0.4 is 10.1 Å². The zero-order valence-corrected chi connectivity index (χ0v) is 15.1. The first kappa shape index (κ1) is 17.6. The number of benzene rings is 2. The van der Waals surface area contributed by atoms with Gasteiger partial charge in [-0.2, -0.15) is 0 Å². The van der Waals surface area contributed by atoms with Crippen molar-refractivity contribution < 1.29 is 9.53 Å². The van der Waals surface area contributed by atoms with Crippen molar-refractivity contribution in [1.29, 1.82) is 0 Å². The highest BCUT2D eigenvalue weighted by Gasteiger charge is 2.23. The van der Waals surface area contributed by atoms with E-state index in [0.717, 1.165) is 32.4 Å². The molecule has 1 aliphatic rings. The Morgan fingerprint density at radius 1 is 1.20 bits per heavy atom. The van der Waals surface area contributed by atoms with Gasteiger partial charge in [0.1, 0.15) is 5.75 Å². The topological polar surface area (TPSA) is 41.6 Å². The number of piperidine rings is 1. The molecule has 0 radical (unpaired) electrons. The number of halogens is 1. The molecule has 0 unspecified atom stereocenters. The number of urea groups is 1. The Hall–Kier alpha value is -2.20. The maximum Gasteiger partial charge on any atom is 0.321 e. The number of hydrogen-bond donors (Lipinski definition) is 1. The fraction of sp³-hybridized carbons (Fsp3) is 0.350. The molecule has 0 spiro atoms. The molecule has 3 rings (SSSR count). The number of methoxy groups -OCH3 is 1. The van der Waals surface area contributed by atoms with Gasteiger partial charge < -0.3 is 15.0 Å². The van der Waals surface area contributed by atoms with Crippen LogP contribution in [-0.4, -0.2) is 31.1 Å². The number of carbonyl (C=O) groups excluding carboxylic acids is 1. The molecule has 2 aromatic rings. The monoisotopic (exact) mass is 358 g/mol. The number of hydrogen-bond acceptors (Lipinski definition) is 2. The standard InChI is InChI=1S/C20H23ClN2O2/c1-25-19-8-7-17(14-18(19)21)22-20(24)23-11-9-16(10-12-23)13-15-5-3-2-4-6-15/h2-8,14,16H,9-13H2,1H3,(H,22,24). The van der Waals surface area contributed by atoms with Gasteiger partial charge in [-0.1, -0.05) is 41.9 Å². The summed E-state index contributed by atoms with van der Waals surface area (Å²) < 4.78 is 5.13. The minimum atomic E-state index is -0.0700. The molecule has 1 aliphatic heterocycles. The van der Waals surface area contributed by atoms with Gasteiger partial charge in [0.05, 0.1) is 12.1 Å². The molecule has 0 atom stereocenters. The first-order valence-corrected chi connectivity index (χ1v) is 8.97. The van der Waals surface area contributed by atoms with Crippen LogP contribution in [0.1, 0.15) is 18.4 Å². The number of rotatable bonds is 4. The summed E-state index contributed by atoms with van der Waals surface area (Å²) in [6.07, 6.45) is 3.15. The SMILES string of the molecule is COc1ccc(NC(=O)N2CCC(Cc3ccccc3)CC2)cc1Cl. The largest absolute Gasteiger partial charge is 0.495 e. The van der Waals surface area contributed by atoms with Crippen molar-refractivity contribution in [3.8, 4) is 5.75 Å². The molecule has 4 nitrogen and oxygen atoms in total. The predicted octanol–water partition coefficient (Wildman–Crippen LogP) is 4.84. The van der Waals surface area contributed by atoms with E-state index in [1.54, 1.807) is 25.3 Å². The summed E-state index contributed by atoms with van der Waals surface area (Å²) in [5.74, 6) is 1.24. The Balaban J connectivity index is 1.50. The highest BCUT2D eigenvalue weighted by molar-refractivity contribution is 6.32. The lowest BCUT2D eigenvalue weighted by Gasteiger charge is -2.32. The highest BCUT2D eigenvalue weighted by Crippen LogP contribution is 2.28. The van der Waals surface area contributed by atoms with Gasteiger partial charge >= 0.3 is 6.03 Å². The van der Waals surface area contributed by atoms with E-state index in [9.17, 15) is 4.79 Å². The third-order valence-corrected chi connectivity index (χ3v) is 4.97. The van der Waals surface area contributed by atoms with E-state index in [1.165, 1.54) is 5.56 Å². The van der Waals surface area contributed by atoms with Crippen LogP contribution in [0, 0.1) is 5.92 Å². The Bertz CT molecular complexity index is 713. The molecular formula is C20H23ClN2O2. The van der Waals surface area contributed by atoms with Gasteiger partial charge in [0.2, 0.25) is 0 Å². The molecule has 2 amide bonds. The first-order chi connectivity index (χ1) is 12.2. The van der Waals surface area contributed by atoms with E-state index < -0.39 is 0 Å². The lowest BCUT2D eigenvalue weighted by molar-refractivity contribution is 0.182. The zero-order chi connectivity index (χ0) is 17.6. The van der Waals surface area contributed by atoms with Crippen molar-refractivity contribution in [1.82, 2.24) is 4.90 Å². The fourth-order valence-corrected chi connectivity index (χ4v) is 3.49. The number of likely N-dealkylation sites (tertiary alicyclic amines) is 1. The molecule has 1 N–H and O–H groups in total. The van der Waals surface area contributed by atoms with Gasteiger partial charge in [0, 0.05) is 18.8 Å². The minimum Gasteiger partial charge on any atom is -0.495 e. The smallest absolute Gasteiger partial charge is 0.321 e. The van der Waals surface area contributed by atoms with Gasteiger partial charge in [-0.15, -0.1) is 0 Å². The van der Waals surface area contributed by atoms with Crippen molar-refractivity contribution in [2.75, 3.05) is 25.5 Å². The molecule has 25 heavy (non-hydrogen) atoms. The van der Waals surface area contributed by atoms with Crippen molar-refractivity contribution in [3.63, 3.8) is 0 Å². The quantitative estimate of drug-likeness (QED) is 0.850. The number of ether oxygens (including phenoxy) is 1. The van der Waals surface area contributed by atoms with Gasteiger partial charge in [-0.05, 0) is 48.9 Å². The Morgan fingerprint density at radius 3 is 2.56 bits per heavy atom. The van der Waals surface area contributed by atoms with Crippen LogP contribution in [-0.2, 0) is 6.42 Å². The van der Waals surface area contributed by atoms with E-state index in [2.05, 4.69) is 29.6 Å². The van der Waals surface area contributed by atoms with Crippen LogP contribution in [0.4, 0.5) is 10.5 Å². The van der Waals surface area contributed by atoms with Crippen molar-refractivity contribution >= 4 is 23.3 Å². The Kier molecular flexibility index (Phi) is 5.82. The average molecular weight is 359 g/mol. The van der Waals surface area contributed by atoms with Crippen LogP contribution in [0.3, 0.4) is 0 Å². The summed E-state index contributed by atoms with van der Waals surface area (Å²) in [7, 11) is 1.57. The van der Waals surface area contributed by atoms with E-state index in [-0.39, 0.29) is 6.03 Å². The summed E-state index contributed by atoms with van der Waals surface area (Å²) in [5.41, 5.74) is 2.06. The normalized spacial score (nSPS) is 15.0. The summed E-state index contributed by atoms with van der Waals surface area (Å²) in [6.45, 7) is 1.57. The van der Waals surface area contributed by atoms with Crippen molar-refractivity contribution in [3.05, 3.63) is 59.1 Å². The summed E-state index contributed by atoms with van der Waals surface area (Å²) in [4.78, 5) is 14.3. The minimum absolute atomic E-state index is 0.0700. The Morgan fingerprint density at radius 2 is 1.92 bits per heavy atom. The molecular weight excluding hydrogens is 336 g/mol. The maximum absolute atomic E-state index is 12.4. The van der Waals surface area contributed by atoms with E-state index >= 15 is 0 Å². The number of amides is 2. The van der Waals surface area contributed by atoms with Crippen LogP contribution in [0.5, 0.6) is 5.75 Å². The third kappa shape index (κ3) is 4.67. The van der Waals surface area contributed by atoms with Crippen LogP contribution >= 0.6 is 11.6 Å². The van der Waals surface area contributed by atoms with E-state index in [4.69, 9.17) is 16.3 Å². The number of carbonyl (C=O) groups is 1.